The number of carbonyl (C=O) groups is 3. The van der Waals surface area contributed by atoms with Crippen molar-refractivity contribution in [3.8, 4) is 0 Å². The molecule has 3 aromatic carbocycles. The number of primary amides is 1. The molecule has 1 unspecified atom stereocenters. The van der Waals surface area contributed by atoms with Gasteiger partial charge in [0.1, 0.15) is 11.1 Å². The van der Waals surface area contributed by atoms with Crippen LogP contribution in [0.4, 0.5) is 0 Å². The van der Waals surface area contributed by atoms with Crippen molar-refractivity contribution in [3.63, 3.8) is 0 Å². The van der Waals surface area contributed by atoms with Crippen LogP contribution in [0.3, 0.4) is 0 Å². The van der Waals surface area contributed by atoms with E-state index in [0.717, 1.165) is 16.7 Å². The minimum atomic E-state index is -0.659. The predicted octanol–water partition coefficient (Wildman–Crippen LogP) is 1.62. The Morgan fingerprint density at radius 2 is 1.52 bits per heavy atom. The van der Waals surface area contributed by atoms with Gasteiger partial charge in [0.25, 0.3) is 5.91 Å². The van der Waals surface area contributed by atoms with Crippen molar-refractivity contribution in [1.29, 1.82) is 0 Å². The van der Waals surface area contributed by atoms with Crippen LogP contribution in [0.5, 0.6) is 0 Å². The third kappa shape index (κ3) is 7.29. The normalized spacial score (nSPS) is 17.5. The Balaban J connectivity index is 0.00000417. The SMILES string of the molecule is NC(=O)c1cc[n+](CC=CC2=C(C(=O)OC(c3ccccc3)c3ccccc3)N3C(=O)C(N=Cc4ccccc4)[C@H]3SC2)cc1.[I-]. The van der Waals surface area contributed by atoms with Crippen molar-refractivity contribution >= 4 is 35.8 Å². The number of benzene rings is 3. The molecule has 2 N–H and O–H groups in total. The fourth-order valence-electron chi connectivity index (χ4n) is 5.26. The minimum absolute atomic E-state index is 0. The molecule has 0 saturated carbocycles. The van der Waals surface area contributed by atoms with Crippen LogP contribution in [0.1, 0.15) is 33.2 Å². The molecule has 2 aliphatic heterocycles. The summed E-state index contributed by atoms with van der Waals surface area (Å²) in [5, 5.41) is -0.320. The number of thioether (sulfide) groups is 1. The number of nitrogens with two attached hydrogens (primary N) is 1. The Hall–Kier alpha value is -4.55. The largest absolute Gasteiger partial charge is 1.00 e. The van der Waals surface area contributed by atoms with Gasteiger partial charge in [-0.2, -0.15) is 0 Å². The van der Waals surface area contributed by atoms with Crippen molar-refractivity contribution in [2.75, 3.05) is 5.75 Å². The van der Waals surface area contributed by atoms with Crippen LogP contribution in [0.15, 0.2) is 144 Å². The van der Waals surface area contributed by atoms with Gasteiger partial charge in [0.15, 0.2) is 31.1 Å². The first-order chi connectivity index (χ1) is 22.0. The maximum absolute atomic E-state index is 14.1. The zero-order valence-electron chi connectivity index (χ0n) is 24.7. The number of rotatable bonds is 10. The van der Waals surface area contributed by atoms with Crippen LogP contribution in [0, 0.1) is 0 Å². The Kier molecular flexibility index (Phi) is 10.8. The van der Waals surface area contributed by atoms with Crippen molar-refractivity contribution < 1.29 is 47.7 Å². The van der Waals surface area contributed by atoms with E-state index < -0.39 is 24.0 Å². The Morgan fingerprint density at radius 1 is 0.935 bits per heavy atom. The Morgan fingerprint density at radius 3 is 2.11 bits per heavy atom. The van der Waals surface area contributed by atoms with Crippen LogP contribution in [-0.2, 0) is 20.9 Å². The van der Waals surface area contributed by atoms with Crippen LogP contribution >= 0.6 is 11.8 Å². The summed E-state index contributed by atoms with van der Waals surface area (Å²) in [5.41, 5.74) is 9.26. The number of halogens is 1. The second-order valence-corrected chi connectivity index (χ2v) is 11.7. The van der Waals surface area contributed by atoms with Crippen molar-refractivity contribution in [1.82, 2.24) is 4.90 Å². The number of carbonyl (C=O) groups excluding carboxylic acids is 3. The van der Waals surface area contributed by atoms with Crippen LogP contribution in [-0.4, -0.2) is 46.1 Å². The van der Waals surface area contributed by atoms with E-state index >= 15 is 0 Å². The van der Waals surface area contributed by atoms with Crippen LogP contribution in [0.25, 0.3) is 0 Å². The number of hydrogen-bond donors (Lipinski definition) is 1. The van der Waals surface area contributed by atoms with Crippen LogP contribution < -0.4 is 34.3 Å². The second kappa shape index (κ2) is 15.2. The number of allylic oxidation sites excluding steroid dienone is 2. The number of fused-ring (bicyclic) bond motifs is 1. The highest BCUT2D eigenvalue weighted by Gasteiger charge is 2.53. The predicted molar refractivity (Wildman–Crippen MR) is 173 cm³/mol. The summed E-state index contributed by atoms with van der Waals surface area (Å²) < 4.78 is 8.12. The number of pyridine rings is 1. The van der Waals surface area contributed by atoms with Gasteiger partial charge in [-0.3, -0.25) is 19.5 Å². The number of nitrogens with zero attached hydrogens (tertiary/aromatic N) is 3. The first-order valence-electron chi connectivity index (χ1n) is 14.5. The fourth-order valence-corrected chi connectivity index (χ4v) is 6.57. The molecule has 0 spiro atoms. The summed E-state index contributed by atoms with van der Waals surface area (Å²) in [6.45, 7) is 0.480. The first-order valence-corrected chi connectivity index (χ1v) is 15.6. The standard InChI is InChI=1S/C36H30N4O4S.HI/c37-33(41)28-18-21-39(22-19-28)20-10-17-29-24-45-35-30(38-23-25-11-4-1-5-12-25)34(42)40(35)31(29)36(43)44-32(26-13-6-2-7-14-26)27-15-8-3-9-16-27;/h1-19,21-23,30,32,35H,20,24H2,(H-,37,41);1H/t30?,35-;/m1./s1. The molecule has 6 rings (SSSR count). The molecule has 46 heavy (non-hydrogen) atoms. The van der Waals surface area contributed by atoms with Gasteiger partial charge in [-0.1, -0.05) is 97.1 Å². The molecule has 2 aliphatic rings. The molecule has 8 nitrogen and oxygen atoms in total. The zero-order chi connectivity index (χ0) is 31.2. The number of amides is 2. The van der Waals surface area contributed by atoms with E-state index in [1.54, 1.807) is 42.5 Å². The van der Waals surface area contributed by atoms with E-state index in [-0.39, 0.29) is 41.0 Å². The summed E-state index contributed by atoms with van der Waals surface area (Å²) in [7, 11) is 0. The van der Waals surface area contributed by atoms with Gasteiger partial charge in [0.2, 0.25) is 5.91 Å². The molecule has 1 aromatic heterocycles. The van der Waals surface area contributed by atoms with Gasteiger partial charge >= 0.3 is 5.97 Å². The van der Waals surface area contributed by atoms with Gasteiger partial charge in [0, 0.05) is 24.1 Å². The van der Waals surface area contributed by atoms with Crippen molar-refractivity contribution in [2.45, 2.75) is 24.1 Å². The third-order valence-corrected chi connectivity index (χ3v) is 8.88. The van der Waals surface area contributed by atoms with E-state index in [9.17, 15) is 14.4 Å². The third-order valence-electron chi connectivity index (χ3n) is 7.59. The molecule has 10 heteroatoms. The molecular weight excluding hydrogens is 711 g/mol. The molecule has 4 aromatic rings. The van der Waals surface area contributed by atoms with Gasteiger partial charge in [-0.05, 0) is 28.3 Å². The Labute approximate surface area is 288 Å². The van der Waals surface area contributed by atoms with Gasteiger partial charge in [-0.25, -0.2) is 9.36 Å². The number of aliphatic imine (C=N–C) groups is 1. The Bertz CT molecular complexity index is 1740. The smallest absolute Gasteiger partial charge is 0.356 e. The fraction of sp³-hybridized carbons (Fsp3) is 0.139. The molecule has 232 valence electrons. The summed E-state index contributed by atoms with van der Waals surface area (Å²) >= 11 is 1.57. The summed E-state index contributed by atoms with van der Waals surface area (Å²) in [5.74, 6) is -0.811. The second-order valence-electron chi connectivity index (χ2n) is 10.6. The minimum Gasteiger partial charge on any atom is -1.00 e. The lowest BCUT2D eigenvalue weighted by Gasteiger charge is -2.48. The number of aromatic nitrogens is 1. The van der Waals surface area contributed by atoms with Crippen molar-refractivity contribution in [2.24, 2.45) is 10.7 Å². The molecule has 2 atom stereocenters. The molecule has 1 saturated heterocycles. The number of hydrogen-bond acceptors (Lipinski definition) is 6. The molecule has 0 bridgehead atoms. The molecule has 0 aliphatic carbocycles. The van der Waals surface area contributed by atoms with E-state index in [1.165, 1.54) is 4.90 Å². The molecule has 1 fully saturated rings. The molecule has 0 radical (unpaired) electrons. The number of ether oxygens (including phenoxy) is 1. The maximum atomic E-state index is 14.1. The zero-order valence-corrected chi connectivity index (χ0v) is 27.7. The monoisotopic (exact) mass is 742 g/mol. The lowest BCUT2D eigenvalue weighted by atomic mass is 10.0. The molecule has 3 heterocycles. The highest BCUT2D eigenvalue weighted by Crippen LogP contribution is 2.43. The number of β-lactam (4-membered cyclic amide) rings is 1. The highest BCUT2D eigenvalue weighted by atomic mass is 127. The topological polar surface area (TPSA) is 106 Å². The van der Waals surface area contributed by atoms with E-state index in [4.69, 9.17) is 10.5 Å². The van der Waals surface area contributed by atoms with E-state index in [0.29, 0.717) is 23.4 Å². The lowest BCUT2D eigenvalue weighted by Crippen LogP contribution is -3.00. The lowest BCUT2D eigenvalue weighted by molar-refractivity contribution is -0.687. The highest BCUT2D eigenvalue weighted by molar-refractivity contribution is 8.00. The quantitative estimate of drug-likeness (QED) is 0.0876. The maximum Gasteiger partial charge on any atom is 0.356 e. The first kappa shape index (κ1) is 32.8. The van der Waals surface area contributed by atoms with Gasteiger partial charge in [0.05, 0.1) is 5.56 Å². The van der Waals surface area contributed by atoms with Crippen LogP contribution in [0.2, 0.25) is 0 Å². The van der Waals surface area contributed by atoms with E-state index in [2.05, 4.69) is 4.99 Å². The van der Waals surface area contributed by atoms with E-state index in [1.807, 2.05) is 108 Å². The summed E-state index contributed by atoms with van der Waals surface area (Å²) in [4.78, 5) is 45.2. The average molecular weight is 743 g/mol. The summed E-state index contributed by atoms with van der Waals surface area (Å²) in [6.07, 6.45) is 8.35. The molecule has 2 amide bonds. The van der Waals surface area contributed by atoms with Gasteiger partial charge in [-0.15, -0.1) is 11.8 Å². The average Bonchev–Trinajstić information content (AvgIpc) is 3.08. The summed E-state index contributed by atoms with van der Waals surface area (Å²) in [6, 6.07) is 31.5. The molecular formula is C36H31IN4O4S. The van der Waals surface area contributed by atoms with Gasteiger partial charge < -0.3 is 34.4 Å². The van der Waals surface area contributed by atoms with Crippen molar-refractivity contribution in [3.05, 3.63) is 161 Å². The number of esters is 1.